The standard InChI is InChI=1S/C14H12Cl3N3O3S/c1-2-3-20-13(22)7-24-14(20)19-18-12(21)6-23-11-5-9(16)8(15)4-10(11)17/h2,4-5H,1,3,6-7H2,(H,18,21)/b19-14+. The van der Waals surface area contributed by atoms with Crippen LogP contribution in [0.25, 0.3) is 0 Å². The lowest BCUT2D eigenvalue weighted by Crippen LogP contribution is -2.32. The zero-order valence-corrected chi connectivity index (χ0v) is 15.3. The highest BCUT2D eigenvalue weighted by atomic mass is 35.5. The molecule has 1 fully saturated rings. The van der Waals surface area contributed by atoms with Crippen LogP contribution in [0.15, 0.2) is 29.9 Å². The van der Waals surface area contributed by atoms with Crippen LogP contribution in [0.5, 0.6) is 5.75 Å². The summed E-state index contributed by atoms with van der Waals surface area (Å²) in [6, 6.07) is 2.84. The molecule has 1 aromatic carbocycles. The highest BCUT2D eigenvalue weighted by Crippen LogP contribution is 2.33. The minimum absolute atomic E-state index is 0.0910. The summed E-state index contributed by atoms with van der Waals surface area (Å²) in [6.07, 6.45) is 1.58. The van der Waals surface area contributed by atoms with Crippen molar-refractivity contribution in [2.24, 2.45) is 5.10 Å². The number of amides is 2. The SMILES string of the molecule is C=CCN1C(=O)CS/C1=N/NC(=O)COc1cc(Cl)c(Cl)cc1Cl. The average Bonchev–Trinajstić information content (AvgIpc) is 2.88. The van der Waals surface area contributed by atoms with Crippen molar-refractivity contribution in [3.63, 3.8) is 0 Å². The highest BCUT2D eigenvalue weighted by Gasteiger charge is 2.27. The molecule has 1 saturated heterocycles. The van der Waals surface area contributed by atoms with E-state index in [1.54, 1.807) is 6.08 Å². The fourth-order valence-electron chi connectivity index (χ4n) is 1.69. The van der Waals surface area contributed by atoms with Gasteiger partial charge in [-0.05, 0) is 6.07 Å². The number of carbonyl (C=O) groups is 2. The van der Waals surface area contributed by atoms with Gasteiger partial charge in [0.25, 0.3) is 5.91 Å². The Hall–Kier alpha value is -1.41. The van der Waals surface area contributed by atoms with E-state index < -0.39 is 5.91 Å². The molecule has 6 nitrogen and oxygen atoms in total. The molecule has 0 atom stereocenters. The summed E-state index contributed by atoms with van der Waals surface area (Å²) >= 11 is 18.9. The van der Waals surface area contributed by atoms with Crippen LogP contribution in [-0.2, 0) is 9.59 Å². The molecule has 1 aromatic rings. The van der Waals surface area contributed by atoms with E-state index in [9.17, 15) is 9.59 Å². The number of thioether (sulfide) groups is 1. The largest absolute Gasteiger partial charge is 0.482 e. The van der Waals surface area contributed by atoms with Gasteiger partial charge in [-0.25, -0.2) is 5.43 Å². The van der Waals surface area contributed by atoms with Crippen molar-refractivity contribution in [1.29, 1.82) is 0 Å². The van der Waals surface area contributed by atoms with Crippen molar-refractivity contribution in [2.45, 2.75) is 0 Å². The van der Waals surface area contributed by atoms with Crippen molar-refractivity contribution in [2.75, 3.05) is 18.9 Å². The predicted molar refractivity (Wildman–Crippen MR) is 96.9 cm³/mol. The highest BCUT2D eigenvalue weighted by molar-refractivity contribution is 8.15. The lowest BCUT2D eigenvalue weighted by atomic mass is 10.3. The number of carbonyl (C=O) groups excluding carboxylic acids is 2. The number of hydrogen-bond acceptors (Lipinski definition) is 5. The maximum atomic E-state index is 11.8. The summed E-state index contributed by atoms with van der Waals surface area (Å²) in [5.41, 5.74) is 2.32. The van der Waals surface area contributed by atoms with Crippen molar-refractivity contribution in [3.8, 4) is 5.75 Å². The number of nitrogens with one attached hydrogen (secondary N) is 1. The molecule has 1 N–H and O–H groups in total. The monoisotopic (exact) mass is 407 g/mol. The minimum atomic E-state index is -0.511. The van der Waals surface area contributed by atoms with Crippen molar-refractivity contribution < 1.29 is 14.3 Å². The van der Waals surface area contributed by atoms with Gasteiger partial charge in [0.2, 0.25) is 5.91 Å². The Kier molecular flexibility index (Phi) is 6.79. The van der Waals surface area contributed by atoms with Crippen molar-refractivity contribution in [3.05, 3.63) is 39.9 Å². The Morgan fingerprint density at radius 3 is 2.79 bits per heavy atom. The lowest BCUT2D eigenvalue weighted by molar-refractivity contribution is -0.124. The topological polar surface area (TPSA) is 71.0 Å². The molecule has 24 heavy (non-hydrogen) atoms. The third-order valence-corrected chi connectivity index (χ3v) is 4.76. The summed E-state index contributed by atoms with van der Waals surface area (Å²) in [5.74, 6) is -0.0970. The minimum Gasteiger partial charge on any atom is -0.482 e. The Morgan fingerprint density at radius 1 is 1.38 bits per heavy atom. The molecule has 2 rings (SSSR count). The van der Waals surface area contributed by atoms with Crippen molar-refractivity contribution in [1.82, 2.24) is 10.3 Å². The molecule has 1 aliphatic heterocycles. The maximum Gasteiger partial charge on any atom is 0.278 e. The third kappa shape index (κ3) is 4.80. The van der Waals surface area contributed by atoms with Gasteiger partial charge < -0.3 is 4.74 Å². The first-order valence-electron chi connectivity index (χ1n) is 6.60. The fraction of sp³-hybridized carbons (Fsp3) is 0.214. The van der Waals surface area contributed by atoms with Crippen LogP contribution >= 0.6 is 46.6 Å². The van der Waals surface area contributed by atoms with Gasteiger partial charge >= 0.3 is 0 Å². The van der Waals surface area contributed by atoms with Crippen LogP contribution in [-0.4, -0.2) is 40.8 Å². The Balaban J connectivity index is 1.92. The fourth-order valence-corrected chi connectivity index (χ4v) is 3.13. The quantitative estimate of drug-likeness (QED) is 0.446. The number of hydrogen-bond donors (Lipinski definition) is 1. The van der Waals surface area contributed by atoms with Gasteiger partial charge in [-0.1, -0.05) is 52.6 Å². The summed E-state index contributed by atoms with van der Waals surface area (Å²) in [6.45, 7) is 3.58. The second-order valence-electron chi connectivity index (χ2n) is 4.50. The normalized spacial score (nSPS) is 15.7. The number of hydrazone groups is 1. The van der Waals surface area contributed by atoms with Gasteiger partial charge in [0.1, 0.15) is 5.75 Å². The van der Waals surface area contributed by atoms with Gasteiger partial charge in [0, 0.05) is 12.6 Å². The Morgan fingerprint density at radius 2 is 2.08 bits per heavy atom. The average molecular weight is 409 g/mol. The van der Waals surface area contributed by atoms with Gasteiger partial charge in [0.05, 0.1) is 20.8 Å². The first-order chi connectivity index (χ1) is 11.4. The van der Waals surface area contributed by atoms with Crippen LogP contribution in [0.3, 0.4) is 0 Å². The number of amidine groups is 1. The molecule has 1 heterocycles. The molecule has 2 amide bonds. The van der Waals surface area contributed by atoms with E-state index in [-0.39, 0.29) is 39.1 Å². The van der Waals surface area contributed by atoms with E-state index in [4.69, 9.17) is 39.5 Å². The summed E-state index contributed by atoms with van der Waals surface area (Å²) < 4.78 is 5.29. The molecule has 0 spiro atoms. The zero-order chi connectivity index (χ0) is 17.7. The number of rotatable bonds is 6. The molecule has 0 unspecified atom stereocenters. The molecule has 0 saturated carbocycles. The van der Waals surface area contributed by atoms with Gasteiger partial charge in [-0.3, -0.25) is 14.5 Å². The molecule has 0 bridgehead atoms. The van der Waals surface area contributed by atoms with Gasteiger partial charge in [-0.15, -0.1) is 11.7 Å². The number of nitrogens with zero attached hydrogens (tertiary/aromatic N) is 2. The molecule has 0 aromatic heterocycles. The van der Waals surface area contributed by atoms with E-state index in [0.29, 0.717) is 11.7 Å². The molecule has 128 valence electrons. The number of halogens is 3. The predicted octanol–water partition coefficient (Wildman–Crippen LogP) is 3.17. The number of benzene rings is 1. The third-order valence-electron chi connectivity index (χ3n) is 2.78. The first-order valence-corrected chi connectivity index (χ1v) is 8.72. The van der Waals surface area contributed by atoms with E-state index in [1.165, 1.54) is 28.8 Å². The van der Waals surface area contributed by atoms with Crippen molar-refractivity contribution >= 4 is 63.5 Å². The summed E-state index contributed by atoms with van der Waals surface area (Å²) in [7, 11) is 0. The Labute approximate surface area is 157 Å². The Bertz CT molecular complexity index is 712. The molecular weight excluding hydrogens is 397 g/mol. The van der Waals surface area contributed by atoms with E-state index >= 15 is 0 Å². The molecular formula is C14H12Cl3N3O3S. The first kappa shape index (κ1) is 18.9. The molecule has 0 radical (unpaired) electrons. The van der Waals surface area contributed by atoms with E-state index in [0.717, 1.165) is 0 Å². The van der Waals surface area contributed by atoms with E-state index in [1.807, 2.05) is 0 Å². The second-order valence-corrected chi connectivity index (χ2v) is 6.66. The number of ether oxygens (including phenoxy) is 1. The van der Waals surface area contributed by atoms with Crippen LogP contribution in [0.1, 0.15) is 0 Å². The van der Waals surface area contributed by atoms with E-state index in [2.05, 4.69) is 17.1 Å². The molecule has 0 aliphatic carbocycles. The maximum absolute atomic E-state index is 11.8. The summed E-state index contributed by atoms with van der Waals surface area (Å²) in [5, 5.41) is 5.10. The zero-order valence-electron chi connectivity index (χ0n) is 12.2. The van der Waals surface area contributed by atoms with Crippen LogP contribution in [0, 0.1) is 0 Å². The van der Waals surface area contributed by atoms with Gasteiger partial charge in [-0.2, -0.15) is 0 Å². The lowest BCUT2D eigenvalue weighted by Gasteiger charge is -2.13. The smallest absolute Gasteiger partial charge is 0.278 e. The van der Waals surface area contributed by atoms with Crippen LogP contribution in [0.2, 0.25) is 15.1 Å². The second kappa shape index (κ2) is 8.62. The van der Waals surface area contributed by atoms with Crippen LogP contribution in [0.4, 0.5) is 0 Å². The molecule has 10 heteroatoms. The summed E-state index contributed by atoms with van der Waals surface area (Å²) in [4.78, 5) is 24.9. The van der Waals surface area contributed by atoms with Gasteiger partial charge in [0.15, 0.2) is 11.8 Å². The molecule has 1 aliphatic rings. The van der Waals surface area contributed by atoms with Crippen LogP contribution < -0.4 is 10.2 Å².